The minimum Gasteiger partial charge on any atom is -0.389 e. The third-order valence-electron chi connectivity index (χ3n) is 4.59. The minimum atomic E-state index is -0.634. The van der Waals surface area contributed by atoms with Crippen LogP contribution in [0.15, 0.2) is 54.6 Å². The molecule has 0 saturated heterocycles. The third kappa shape index (κ3) is 7.25. The number of Topliss-reactive ketones (excluding diaryl/α,β-unsaturated/α-hetero) is 1. The molecule has 27 heavy (non-hydrogen) atoms. The normalized spacial score (nSPS) is 13.3. The number of nitrogens with one attached hydrogen (secondary N) is 1. The summed E-state index contributed by atoms with van der Waals surface area (Å²) in [6, 6.07) is 17.2. The molecule has 2 aromatic carbocycles. The number of hydrogen-bond acceptors (Lipinski definition) is 4. The number of rotatable bonds is 12. The van der Waals surface area contributed by atoms with Gasteiger partial charge in [0.2, 0.25) is 0 Å². The highest BCUT2D eigenvalue weighted by molar-refractivity contribution is 5.99. The maximum atomic E-state index is 13.0. The van der Waals surface area contributed by atoms with Crippen LogP contribution in [-0.2, 0) is 11.2 Å². The van der Waals surface area contributed by atoms with Crippen molar-refractivity contribution in [2.45, 2.75) is 45.3 Å². The van der Waals surface area contributed by atoms with Crippen molar-refractivity contribution in [1.82, 2.24) is 5.32 Å². The van der Waals surface area contributed by atoms with E-state index in [9.17, 15) is 9.90 Å². The molecule has 0 saturated carbocycles. The average Bonchev–Trinajstić information content (AvgIpc) is 2.70. The highest BCUT2D eigenvalue weighted by Gasteiger charge is 2.23. The van der Waals surface area contributed by atoms with E-state index < -0.39 is 12.2 Å². The fraction of sp³-hybridized carbons (Fsp3) is 0.435. The molecule has 0 spiro atoms. The second kappa shape index (κ2) is 11.7. The van der Waals surface area contributed by atoms with E-state index in [2.05, 4.69) is 12.2 Å². The van der Waals surface area contributed by atoms with Gasteiger partial charge in [0.15, 0.2) is 5.78 Å². The number of aliphatic hydroxyl groups excluding tert-OH is 1. The van der Waals surface area contributed by atoms with E-state index in [1.807, 2.05) is 49.4 Å². The molecule has 4 heteroatoms. The molecule has 2 rings (SSSR count). The topological polar surface area (TPSA) is 58.6 Å². The molecular weight excluding hydrogens is 338 g/mol. The Morgan fingerprint density at radius 1 is 1.11 bits per heavy atom. The van der Waals surface area contributed by atoms with E-state index in [1.54, 1.807) is 12.1 Å². The Labute approximate surface area is 162 Å². The van der Waals surface area contributed by atoms with Crippen molar-refractivity contribution in [3.63, 3.8) is 0 Å². The van der Waals surface area contributed by atoms with Crippen LogP contribution in [0.4, 0.5) is 0 Å². The molecule has 0 bridgehead atoms. The van der Waals surface area contributed by atoms with Crippen LogP contribution < -0.4 is 5.32 Å². The Balaban J connectivity index is 2.01. The lowest BCUT2D eigenvalue weighted by atomic mass is 9.97. The number of carbonyl (C=O) groups is 1. The van der Waals surface area contributed by atoms with Crippen molar-refractivity contribution in [3.8, 4) is 0 Å². The number of aliphatic hydroxyl groups is 1. The zero-order valence-electron chi connectivity index (χ0n) is 16.4. The third-order valence-corrected chi connectivity index (χ3v) is 4.59. The summed E-state index contributed by atoms with van der Waals surface area (Å²) >= 11 is 0. The van der Waals surface area contributed by atoms with Gasteiger partial charge in [-0.3, -0.25) is 4.79 Å². The lowest BCUT2D eigenvalue weighted by Crippen LogP contribution is -2.35. The van der Waals surface area contributed by atoms with Crippen LogP contribution >= 0.6 is 0 Å². The fourth-order valence-corrected chi connectivity index (χ4v) is 2.91. The maximum Gasteiger partial charge on any atom is 0.191 e. The number of hydrogen-bond donors (Lipinski definition) is 2. The van der Waals surface area contributed by atoms with Crippen LogP contribution in [0.5, 0.6) is 0 Å². The molecule has 2 atom stereocenters. The first kappa shape index (κ1) is 21.3. The van der Waals surface area contributed by atoms with Crippen molar-refractivity contribution >= 4 is 5.78 Å². The number of unbranched alkanes of at least 4 members (excludes halogenated alkanes) is 1. The lowest BCUT2D eigenvalue weighted by molar-refractivity contribution is -0.00168. The zero-order valence-corrected chi connectivity index (χ0v) is 16.4. The first-order valence-corrected chi connectivity index (χ1v) is 9.76. The smallest absolute Gasteiger partial charge is 0.191 e. The van der Waals surface area contributed by atoms with E-state index in [4.69, 9.17) is 4.74 Å². The predicted octanol–water partition coefficient (Wildman–Crippen LogP) is 3.56. The molecule has 0 radical (unpaired) electrons. The van der Waals surface area contributed by atoms with E-state index in [0.29, 0.717) is 18.5 Å². The summed E-state index contributed by atoms with van der Waals surface area (Å²) < 4.78 is 5.90. The van der Waals surface area contributed by atoms with Gasteiger partial charge in [0, 0.05) is 18.5 Å². The summed E-state index contributed by atoms with van der Waals surface area (Å²) in [5.41, 5.74) is 2.85. The molecular formula is C23H31NO3. The fourth-order valence-electron chi connectivity index (χ4n) is 2.91. The standard InChI is InChI=1S/C23H31NO3/c1-3-4-14-24-16-21(25)17-27-22(15-20-13-9-8-10-18(20)2)23(26)19-11-6-5-7-12-19/h5-13,21-22,24-25H,3-4,14-17H2,1-2H3. The molecule has 2 unspecified atom stereocenters. The molecule has 0 amide bonds. The minimum absolute atomic E-state index is 0.0509. The Morgan fingerprint density at radius 3 is 2.52 bits per heavy atom. The van der Waals surface area contributed by atoms with Crippen LogP contribution in [0.3, 0.4) is 0 Å². The quantitative estimate of drug-likeness (QED) is 0.444. The average molecular weight is 370 g/mol. The van der Waals surface area contributed by atoms with Gasteiger partial charge in [0.25, 0.3) is 0 Å². The summed E-state index contributed by atoms with van der Waals surface area (Å²) in [7, 11) is 0. The summed E-state index contributed by atoms with van der Waals surface area (Å²) in [6.07, 6.45) is 1.44. The predicted molar refractivity (Wildman–Crippen MR) is 109 cm³/mol. The van der Waals surface area contributed by atoms with Crippen LogP contribution in [0.2, 0.25) is 0 Å². The van der Waals surface area contributed by atoms with Crippen LogP contribution in [0, 0.1) is 6.92 Å². The highest BCUT2D eigenvalue weighted by atomic mass is 16.5. The zero-order chi connectivity index (χ0) is 19.5. The van der Waals surface area contributed by atoms with Gasteiger partial charge < -0.3 is 15.2 Å². The molecule has 0 aliphatic carbocycles. The van der Waals surface area contributed by atoms with Gasteiger partial charge in [-0.25, -0.2) is 0 Å². The summed E-state index contributed by atoms with van der Waals surface area (Å²) in [6.45, 7) is 5.65. The Morgan fingerprint density at radius 2 is 1.81 bits per heavy atom. The summed E-state index contributed by atoms with van der Waals surface area (Å²) in [4.78, 5) is 13.0. The first-order chi connectivity index (χ1) is 13.1. The Bertz CT molecular complexity index is 687. The van der Waals surface area contributed by atoms with Crippen LogP contribution in [0.25, 0.3) is 0 Å². The van der Waals surface area contributed by atoms with E-state index in [0.717, 1.165) is 30.5 Å². The van der Waals surface area contributed by atoms with Crippen molar-refractivity contribution in [2.24, 2.45) is 0 Å². The molecule has 0 aliphatic heterocycles. The van der Waals surface area contributed by atoms with Gasteiger partial charge in [-0.2, -0.15) is 0 Å². The van der Waals surface area contributed by atoms with Crippen molar-refractivity contribution < 1.29 is 14.6 Å². The van der Waals surface area contributed by atoms with Crippen LogP contribution in [-0.4, -0.2) is 42.8 Å². The van der Waals surface area contributed by atoms with Gasteiger partial charge in [0.1, 0.15) is 6.10 Å². The van der Waals surface area contributed by atoms with Gasteiger partial charge in [-0.1, -0.05) is 67.9 Å². The van der Waals surface area contributed by atoms with Gasteiger partial charge >= 0.3 is 0 Å². The Kier molecular flexibility index (Phi) is 9.19. The monoisotopic (exact) mass is 369 g/mol. The highest BCUT2D eigenvalue weighted by Crippen LogP contribution is 2.16. The van der Waals surface area contributed by atoms with E-state index in [-0.39, 0.29) is 12.4 Å². The second-order valence-corrected chi connectivity index (χ2v) is 6.89. The molecule has 4 nitrogen and oxygen atoms in total. The Hall–Kier alpha value is -2.01. The molecule has 0 aromatic heterocycles. The van der Waals surface area contributed by atoms with Crippen molar-refractivity contribution in [3.05, 3.63) is 71.3 Å². The SMILES string of the molecule is CCCCNCC(O)COC(Cc1ccccc1C)C(=O)c1ccccc1. The van der Waals surface area contributed by atoms with Crippen molar-refractivity contribution in [1.29, 1.82) is 0 Å². The number of carbonyl (C=O) groups excluding carboxylic acids is 1. The van der Waals surface area contributed by atoms with E-state index >= 15 is 0 Å². The molecule has 2 aromatic rings. The molecule has 0 heterocycles. The van der Waals surface area contributed by atoms with Gasteiger partial charge in [-0.15, -0.1) is 0 Å². The number of ether oxygens (including phenoxy) is 1. The van der Waals surface area contributed by atoms with Gasteiger partial charge in [-0.05, 0) is 31.0 Å². The molecule has 2 N–H and O–H groups in total. The largest absolute Gasteiger partial charge is 0.389 e. The summed E-state index contributed by atoms with van der Waals surface area (Å²) in [5, 5.41) is 13.4. The first-order valence-electron chi connectivity index (χ1n) is 9.76. The summed E-state index contributed by atoms with van der Waals surface area (Å²) in [5.74, 6) is -0.0509. The molecule has 146 valence electrons. The maximum absolute atomic E-state index is 13.0. The van der Waals surface area contributed by atoms with Crippen LogP contribution in [0.1, 0.15) is 41.3 Å². The number of benzene rings is 2. The lowest BCUT2D eigenvalue weighted by Gasteiger charge is -2.20. The number of ketones is 1. The van der Waals surface area contributed by atoms with E-state index in [1.165, 1.54) is 0 Å². The number of aryl methyl sites for hydroxylation is 1. The molecule has 0 aliphatic rings. The van der Waals surface area contributed by atoms with Gasteiger partial charge in [0.05, 0.1) is 12.7 Å². The molecule has 0 fully saturated rings. The second-order valence-electron chi connectivity index (χ2n) is 6.89. The van der Waals surface area contributed by atoms with Crippen molar-refractivity contribution in [2.75, 3.05) is 19.7 Å².